The van der Waals surface area contributed by atoms with Gasteiger partial charge in [-0.1, -0.05) is 11.8 Å². The van der Waals surface area contributed by atoms with Crippen LogP contribution in [0.2, 0.25) is 0 Å². The van der Waals surface area contributed by atoms with E-state index >= 15 is 0 Å². The van der Waals surface area contributed by atoms with Crippen LogP contribution in [0.25, 0.3) is 0 Å². The van der Waals surface area contributed by atoms with Gasteiger partial charge in [0.1, 0.15) is 4.34 Å². The number of nitrogens with zero attached hydrogens (tertiary/aromatic N) is 1. The van der Waals surface area contributed by atoms with Crippen LogP contribution in [0.15, 0.2) is 15.9 Å². The maximum absolute atomic E-state index is 5.63. The predicted octanol–water partition coefficient (Wildman–Crippen LogP) is 2.36. The second-order valence-electron chi connectivity index (χ2n) is 2.77. The van der Waals surface area contributed by atoms with Crippen LogP contribution in [0.1, 0.15) is 19.8 Å². The molecular formula is C8H14N2S2. The Hall–Kier alpha value is -0.0600. The minimum absolute atomic E-state index is 0.335. The van der Waals surface area contributed by atoms with Crippen molar-refractivity contribution in [3.05, 3.63) is 11.6 Å². The van der Waals surface area contributed by atoms with Crippen LogP contribution in [-0.2, 0) is 0 Å². The smallest absolute Gasteiger partial charge is 0.149 e. The van der Waals surface area contributed by atoms with E-state index in [2.05, 4.69) is 4.98 Å². The number of thioether (sulfide) groups is 1. The lowest BCUT2D eigenvalue weighted by molar-refractivity contribution is 0.656. The molecular weight excluding hydrogens is 188 g/mol. The zero-order valence-corrected chi connectivity index (χ0v) is 8.83. The molecule has 1 aromatic heterocycles. The Morgan fingerprint density at radius 2 is 2.58 bits per heavy atom. The molecule has 0 radical (unpaired) electrons. The van der Waals surface area contributed by atoms with E-state index in [0.29, 0.717) is 6.04 Å². The van der Waals surface area contributed by atoms with Gasteiger partial charge in [0.05, 0.1) is 0 Å². The lowest BCUT2D eigenvalue weighted by atomic mass is 10.2. The molecule has 1 heterocycles. The molecule has 0 spiro atoms. The van der Waals surface area contributed by atoms with Crippen molar-refractivity contribution in [2.24, 2.45) is 5.73 Å². The molecule has 1 rings (SSSR count). The molecule has 4 heteroatoms. The highest BCUT2D eigenvalue weighted by atomic mass is 32.2. The third kappa shape index (κ3) is 4.09. The van der Waals surface area contributed by atoms with Crippen molar-refractivity contribution in [2.75, 3.05) is 5.75 Å². The second-order valence-corrected chi connectivity index (χ2v) is 5.00. The van der Waals surface area contributed by atoms with E-state index in [0.717, 1.165) is 12.2 Å². The minimum atomic E-state index is 0.335. The first-order chi connectivity index (χ1) is 5.79. The second kappa shape index (κ2) is 5.56. The average molecular weight is 202 g/mol. The third-order valence-electron chi connectivity index (χ3n) is 1.44. The van der Waals surface area contributed by atoms with Gasteiger partial charge in [-0.15, -0.1) is 11.3 Å². The highest BCUT2D eigenvalue weighted by Gasteiger charge is 1.97. The lowest BCUT2D eigenvalue weighted by Crippen LogP contribution is -2.14. The molecule has 1 unspecified atom stereocenters. The van der Waals surface area contributed by atoms with Crippen LogP contribution in [0.5, 0.6) is 0 Å². The van der Waals surface area contributed by atoms with E-state index in [1.165, 1.54) is 10.8 Å². The molecule has 2 nitrogen and oxygen atoms in total. The summed E-state index contributed by atoms with van der Waals surface area (Å²) >= 11 is 3.52. The molecule has 0 bridgehead atoms. The normalized spacial score (nSPS) is 13.2. The number of aromatic nitrogens is 1. The number of hydrogen-bond acceptors (Lipinski definition) is 4. The van der Waals surface area contributed by atoms with Gasteiger partial charge >= 0.3 is 0 Å². The van der Waals surface area contributed by atoms with Crippen molar-refractivity contribution in [2.45, 2.75) is 30.1 Å². The van der Waals surface area contributed by atoms with E-state index in [-0.39, 0.29) is 0 Å². The monoisotopic (exact) mass is 202 g/mol. The molecule has 1 atom stereocenters. The number of nitrogens with two attached hydrogens (primary N) is 1. The fourth-order valence-electron chi connectivity index (χ4n) is 0.846. The lowest BCUT2D eigenvalue weighted by Gasteiger charge is -2.02. The summed E-state index contributed by atoms with van der Waals surface area (Å²) in [7, 11) is 0. The van der Waals surface area contributed by atoms with E-state index in [9.17, 15) is 0 Å². The Morgan fingerprint density at radius 3 is 3.17 bits per heavy atom. The Balaban J connectivity index is 2.04. The standard InChI is InChI=1S/C8H14N2S2/c1-7(9)3-2-5-11-8-10-4-6-12-8/h4,6-7H,2-3,5,9H2,1H3. The zero-order chi connectivity index (χ0) is 8.81. The van der Waals surface area contributed by atoms with E-state index in [1.54, 1.807) is 11.3 Å². The van der Waals surface area contributed by atoms with Crippen molar-refractivity contribution in [1.82, 2.24) is 4.98 Å². The number of thiazole rings is 1. The van der Waals surface area contributed by atoms with Crippen molar-refractivity contribution < 1.29 is 0 Å². The van der Waals surface area contributed by atoms with Crippen LogP contribution >= 0.6 is 23.1 Å². The molecule has 0 aliphatic carbocycles. The molecule has 0 aromatic carbocycles. The predicted molar refractivity (Wildman–Crippen MR) is 55.7 cm³/mol. The number of hydrogen-bond donors (Lipinski definition) is 1. The Kier molecular flexibility index (Phi) is 4.65. The molecule has 2 N–H and O–H groups in total. The topological polar surface area (TPSA) is 38.9 Å². The summed E-state index contributed by atoms with van der Waals surface area (Å²) in [4.78, 5) is 4.18. The first kappa shape index (κ1) is 10.0. The van der Waals surface area contributed by atoms with E-state index in [1.807, 2.05) is 30.3 Å². The maximum Gasteiger partial charge on any atom is 0.149 e. The summed E-state index contributed by atoms with van der Waals surface area (Å²) in [6, 6.07) is 0.335. The van der Waals surface area contributed by atoms with Crippen LogP contribution in [0, 0.1) is 0 Å². The van der Waals surface area contributed by atoms with Gasteiger partial charge in [0, 0.05) is 23.4 Å². The Labute approximate surface area is 81.6 Å². The van der Waals surface area contributed by atoms with Crippen LogP contribution in [-0.4, -0.2) is 16.8 Å². The first-order valence-electron chi connectivity index (χ1n) is 4.07. The summed E-state index contributed by atoms with van der Waals surface area (Å²) in [6.07, 6.45) is 4.14. The van der Waals surface area contributed by atoms with Crippen molar-refractivity contribution >= 4 is 23.1 Å². The molecule has 1 aromatic rings. The van der Waals surface area contributed by atoms with Gasteiger partial charge < -0.3 is 5.73 Å². The van der Waals surface area contributed by atoms with Gasteiger partial charge in [-0.05, 0) is 19.8 Å². The fraction of sp³-hybridized carbons (Fsp3) is 0.625. The highest BCUT2D eigenvalue weighted by Crippen LogP contribution is 2.21. The highest BCUT2D eigenvalue weighted by molar-refractivity contribution is 8.00. The van der Waals surface area contributed by atoms with E-state index in [4.69, 9.17) is 5.73 Å². The molecule has 0 aliphatic heterocycles. The number of rotatable bonds is 5. The van der Waals surface area contributed by atoms with Gasteiger partial charge in [0.25, 0.3) is 0 Å². The minimum Gasteiger partial charge on any atom is -0.328 e. The van der Waals surface area contributed by atoms with Crippen molar-refractivity contribution in [3.63, 3.8) is 0 Å². The largest absolute Gasteiger partial charge is 0.328 e. The fourth-order valence-corrected chi connectivity index (χ4v) is 2.52. The van der Waals surface area contributed by atoms with Gasteiger partial charge in [-0.25, -0.2) is 4.98 Å². The molecule has 0 amide bonds. The summed E-state index contributed by atoms with van der Waals surface area (Å²) in [5.74, 6) is 1.13. The molecule has 0 saturated carbocycles. The van der Waals surface area contributed by atoms with Gasteiger partial charge in [0.15, 0.2) is 0 Å². The quantitative estimate of drug-likeness (QED) is 0.588. The van der Waals surface area contributed by atoms with Crippen molar-refractivity contribution in [3.8, 4) is 0 Å². The molecule has 68 valence electrons. The molecule has 0 fully saturated rings. The van der Waals surface area contributed by atoms with Gasteiger partial charge in [-0.3, -0.25) is 0 Å². The maximum atomic E-state index is 5.63. The van der Waals surface area contributed by atoms with E-state index < -0.39 is 0 Å². The van der Waals surface area contributed by atoms with Crippen LogP contribution < -0.4 is 5.73 Å². The molecule has 12 heavy (non-hydrogen) atoms. The average Bonchev–Trinajstić information content (AvgIpc) is 2.49. The Morgan fingerprint density at radius 1 is 1.75 bits per heavy atom. The van der Waals surface area contributed by atoms with Crippen LogP contribution in [0.4, 0.5) is 0 Å². The summed E-state index contributed by atoms with van der Waals surface area (Å²) in [6.45, 7) is 2.05. The third-order valence-corrected chi connectivity index (χ3v) is 3.49. The summed E-state index contributed by atoms with van der Waals surface area (Å²) in [5, 5.41) is 2.01. The van der Waals surface area contributed by atoms with Crippen LogP contribution in [0.3, 0.4) is 0 Å². The SMILES string of the molecule is CC(N)CCCSc1nccs1. The van der Waals surface area contributed by atoms with Crippen molar-refractivity contribution in [1.29, 1.82) is 0 Å². The molecule has 0 saturated heterocycles. The van der Waals surface area contributed by atoms with Gasteiger partial charge in [0.2, 0.25) is 0 Å². The summed E-state index contributed by atoms with van der Waals surface area (Å²) in [5.41, 5.74) is 5.63. The molecule has 0 aliphatic rings. The first-order valence-corrected chi connectivity index (χ1v) is 5.93. The van der Waals surface area contributed by atoms with Gasteiger partial charge in [-0.2, -0.15) is 0 Å². The summed E-state index contributed by atoms with van der Waals surface area (Å²) < 4.78 is 1.17. The Bertz CT molecular complexity index is 197. The zero-order valence-electron chi connectivity index (χ0n) is 7.19.